The molecular weight excluding hydrogens is 466 g/mol. The highest BCUT2D eigenvalue weighted by Crippen LogP contribution is 2.33. The number of phenolic OH excluding ortho intramolecular Hbond substituents is 1. The summed E-state index contributed by atoms with van der Waals surface area (Å²) in [6, 6.07) is 22.4. The van der Waals surface area contributed by atoms with Crippen LogP contribution in [0, 0.1) is 5.92 Å². The number of para-hydroxylation sites is 2. The molecule has 3 aromatic rings. The average molecular weight is 502 g/mol. The molecule has 1 unspecified atom stereocenters. The van der Waals surface area contributed by atoms with Crippen LogP contribution in [0.3, 0.4) is 0 Å². The van der Waals surface area contributed by atoms with E-state index in [1.807, 2.05) is 59.2 Å². The number of carbonyl (C=O) groups is 2. The predicted molar refractivity (Wildman–Crippen MR) is 146 cm³/mol. The summed E-state index contributed by atoms with van der Waals surface area (Å²) in [5.41, 5.74) is 2.77. The Kier molecular flexibility index (Phi) is 8.33. The van der Waals surface area contributed by atoms with Crippen molar-refractivity contribution in [2.45, 2.75) is 39.7 Å². The number of hydrogen-bond acceptors (Lipinski definition) is 5. The number of carbonyl (C=O) groups excluding carboxylic acids is 2. The van der Waals surface area contributed by atoms with E-state index in [0.717, 1.165) is 16.9 Å². The molecule has 0 radical (unpaired) electrons. The number of piperidine rings is 1. The van der Waals surface area contributed by atoms with E-state index in [2.05, 4.69) is 18.3 Å². The Labute approximate surface area is 218 Å². The second-order valence-corrected chi connectivity index (χ2v) is 9.42. The van der Waals surface area contributed by atoms with Crippen LogP contribution in [0.5, 0.6) is 17.2 Å². The van der Waals surface area contributed by atoms with Crippen molar-refractivity contribution >= 4 is 23.2 Å². The molecule has 0 bridgehead atoms. The molecule has 2 amide bonds. The smallest absolute Gasteiger partial charge is 0.230 e. The minimum Gasteiger partial charge on any atom is -0.508 e. The molecule has 0 aliphatic carbocycles. The van der Waals surface area contributed by atoms with Gasteiger partial charge in [0.25, 0.3) is 0 Å². The summed E-state index contributed by atoms with van der Waals surface area (Å²) in [6.07, 6.45) is 1.40. The lowest BCUT2D eigenvalue weighted by Gasteiger charge is -2.33. The summed E-state index contributed by atoms with van der Waals surface area (Å²) in [6.45, 7) is 7.51. The molecule has 0 aromatic heterocycles. The lowest BCUT2D eigenvalue weighted by atomic mass is 9.94. The maximum absolute atomic E-state index is 13.4. The number of benzene rings is 3. The number of amides is 2. The van der Waals surface area contributed by atoms with Crippen LogP contribution in [0.15, 0.2) is 72.8 Å². The van der Waals surface area contributed by atoms with E-state index in [9.17, 15) is 14.7 Å². The highest BCUT2D eigenvalue weighted by Gasteiger charge is 2.29. The van der Waals surface area contributed by atoms with E-state index in [4.69, 9.17) is 4.74 Å². The fourth-order valence-electron chi connectivity index (χ4n) is 4.72. The Balaban J connectivity index is 1.46. The fraction of sp³-hybridized carbons (Fsp3) is 0.333. The summed E-state index contributed by atoms with van der Waals surface area (Å²) >= 11 is 0. The van der Waals surface area contributed by atoms with Gasteiger partial charge in [0.15, 0.2) is 5.75 Å². The molecule has 4 rings (SSSR count). The summed E-state index contributed by atoms with van der Waals surface area (Å²) in [4.78, 5) is 28.7. The first-order chi connectivity index (χ1) is 17.9. The number of likely N-dealkylation sites (tertiary alicyclic amines) is 1. The van der Waals surface area contributed by atoms with Crippen molar-refractivity contribution in [2.75, 3.05) is 29.9 Å². The third-order valence-electron chi connectivity index (χ3n) is 6.88. The van der Waals surface area contributed by atoms with Crippen LogP contribution in [0.4, 0.5) is 11.4 Å². The second-order valence-electron chi connectivity index (χ2n) is 9.42. The van der Waals surface area contributed by atoms with Crippen molar-refractivity contribution < 1.29 is 19.4 Å². The Morgan fingerprint density at radius 1 is 1.05 bits per heavy atom. The van der Waals surface area contributed by atoms with Gasteiger partial charge in [-0.2, -0.15) is 0 Å². The minimum atomic E-state index is -0.0707. The molecule has 7 nitrogen and oxygen atoms in total. The van der Waals surface area contributed by atoms with Gasteiger partial charge in [-0.25, -0.2) is 0 Å². The van der Waals surface area contributed by atoms with Crippen LogP contribution in [-0.4, -0.2) is 41.5 Å². The molecule has 1 aliphatic heterocycles. The molecule has 1 atom stereocenters. The first-order valence-corrected chi connectivity index (χ1v) is 12.8. The first-order valence-electron chi connectivity index (χ1n) is 12.8. The Morgan fingerprint density at radius 2 is 1.76 bits per heavy atom. The van der Waals surface area contributed by atoms with E-state index in [1.54, 1.807) is 31.2 Å². The summed E-state index contributed by atoms with van der Waals surface area (Å²) in [5.74, 6) is 1.62. The number of ether oxygens (including phenoxy) is 1. The number of phenols is 1. The highest BCUT2D eigenvalue weighted by molar-refractivity contribution is 5.95. The van der Waals surface area contributed by atoms with Crippen molar-refractivity contribution in [2.24, 2.45) is 5.92 Å². The normalized spacial score (nSPS) is 14.6. The van der Waals surface area contributed by atoms with E-state index >= 15 is 0 Å². The van der Waals surface area contributed by atoms with Gasteiger partial charge in [-0.1, -0.05) is 24.3 Å². The molecule has 2 N–H and O–H groups in total. The van der Waals surface area contributed by atoms with Gasteiger partial charge in [-0.3, -0.25) is 9.59 Å². The standard InChI is InChI=1S/C30H35N3O4/c1-4-33(30(36)23-16-18-32(19-17-23)22(3)34)25-9-7-8-24(20-25)21(2)31-28-10-5-6-11-29(28)37-27-14-12-26(35)13-15-27/h5-15,20-21,23,31,35H,4,16-19H2,1-3H3. The van der Waals surface area contributed by atoms with Crippen LogP contribution in [-0.2, 0) is 9.59 Å². The molecule has 1 fully saturated rings. The predicted octanol–water partition coefficient (Wildman–Crippen LogP) is 5.97. The molecule has 0 saturated carbocycles. The number of aromatic hydroxyl groups is 1. The Hall–Kier alpha value is -4.00. The zero-order chi connectivity index (χ0) is 26.4. The maximum Gasteiger partial charge on any atom is 0.230 e. The van der Waals surface area contributed by atoms with Gasteiger partial charge < -0.3 is 25.0 Å². The number of nitrogens with zero attached hydrogens (tertiary/aromatic N) is 2. The van der Waals surface area contributed by atoms with Crippen molar-refractivity contribution in [1.29, 1.82) is 0 Å². The summed E-state index contributed by atoms with van der Waals surface area (Å²) < 4.78 is 6.05. The van der Waals surface area contributed by atoms with Crippen molar-refractivity contribution in [3.63, 3.8) is 0 Å². The number of nitrogens with one attached hydrogen (secondary N) is 1. The highest BCUT2D eigenvalue weighted by atomic mass is 16.5. The van der Waals surface area contributed by atoms with Crippen molar-refractivity contribution in [1.82, 2.24) is 4.90 Å². The molecular formula is C30H35N3O4. The van der Waals surface area contributed by atoms with Crippen LogP contribution in [0.1, 0.15) is 45.2 Å². The number of hydrogen-bond donors (Lipinski definition) is 2. The zero-order valence-corrected chi connectivity index (χ0v) is 21.7. The molecule has 3 aromatic carbocycles. The molecule has 1 aliphatic rings. The lowest BCUT2D eigenvalue weighted by Crippen LogP contribution is -2.44. The molecule has 1 saturated heterocycles. The topological polar surface area (TPSA) is 82.1 Å². The molecule has 7 heteroatoms. The maximum atomic E-state index is 13.4. The first kappa shape index (κ1) is 26.1. The van der Waals surface area contributed by atoms with Gasteiger partial charge in [-0.15, -0.1) is 0 Å². The summed E-state index contributed by atoms with van der Waals surface area (Å²) in [5, 5.41) is 13.1. The third-order valence-corrected chi connectivity index (χ3v) is 6.88. The van der Waals surface area contributed by atoms with Gasteiger partial charge >= 0.3 is 0 Å². The van der Waals surface area contributed by atoms with Crippen LogP contribution < -0.4 is 15.0 Å². The molecule has 0 spiro atoms. The lowest BCUT2D eigenvalue weighted by molar-refractivity contribution is -0.133. The van der Waals surface area contributed by atoms with Crippen LogP contribution in [0.25, 0.3) is 0 Å². The third kappa shape index (κ3) is 6.42. The molecule has 1 heterocycles. The van der Waals surface area contributed by atoms with E-state index in [1.165, 1.54) is 0 Å². The zero-order valence-electron chi connectivity index (χ0n) is 21.7. The monoisotopic (exact) mass is 501 g/mol. The summed E-state index contributed by atoms with van der Waals surface area (Å²) in [7, 11) is 0. The van der Waals surface area contributed by atoms with Crippen molar-refractivity contribution in [3.8, 4) is 17.2 Å². The van der Waals surface area contributed by atoms with E-state index in [-0.39, 0.29) is 29.5 Å². The van der Waals surface area contributed by atoms with Crippen LogP contribution in [0.2, 0.25) is 0 Å². The second kappa shape index (κ2) is 11.8. The van der Waals surface area contributed by atoms with Crippen molar-refractivity contribution in [3.05, 3.63) is 78.4 Å². The number of anilines is 2. The van der Waals surface area contributed by atoms with Gasteiger partial charge in [0.1, 0.15) is 11.5 Å². The SMILES string of the molecule is CCN(C(=O)C1CCN(C(C)=O)CC1)c1cccc(C(C)Nc2ccccc2Oc2ccc(O)cc2)c1. The fourth-order valence-corrected chi connectivity index (χ4v) is 4.72. The van der Waals surface area contributed by atoms with Crippen LogP contribution >= 0.6 is 0 Å². The molecule has 37 heavy (non-hydrogen) atoms. The largest absolute Gasteiger partial charge is 0.508 e. The van der Waals surface area contributed by atoms with E-state index < -0.39 is 0 Å². The van der Waals surface area contributed by atoms with Gasteiger partial charge in [0.05, 0.1) is 5.69 Å². The molecule has 194 valence electrons. The average Bonchev–Trinajstić information content (AvgIpc) is 2.91. The van der Waals surface area contributed by atoms with Gasteiger partial charge in [0, 0.05) is 44.2 Å². The minimum absolute atomic E-state index is 0.0443. The van der Waals surface area contributed by atoms with E-state index in [0.29, 0.717) is 44.0 Å². The Bertz CT molecular complexity index is 1220. The quantitative estimate of drug-likeness (QED) is 0.397. The van der Waals surface area contributed by atoms with Gasteiger partial charge in [0.2, 0.25) is 11.8 Å². The van der Waals surface area contributed by atoms with Gasteiger partial charge in [-0.05, 0) is 80.8 Å². The Morgan fingerprint density at radius 3 is 2.43 bits per heavy atom. The number of rotatable bonds is 8.